The molecule has 1 aliphatic heterocycles. The highest BCUT2D eigenvalue weighted by Gasteiger charge is 2.51. The van der Waals surface area contributed by atoms with Gasteiger partial charge in [-0.3, -0.25) is 0 Å². The third kappa shape index (κ3) is 3.72. The first-order valence-corrected chi connectivity index (χ1v) is 8.43. The molecule has 24 heavy (non-hydrogen) atoms. The van der Waals surface area contributed by atoms with E-state index in [0.29, 0.717) is 13.2 Å². The molecule has 0 unspecified atom stereocenters. The Labute approximate surface area is 145 Å². The van der Waals surface area contributed by atoms with E-state index in [1.54, 1.807) is 0 Å². The van der Waals surface area contributed by atoms with Crippen LogP contribution in [0.2, 0.25) is 0 Å². The second kappa shape index (κ2) is 6.71. The van der Waals surface area contributed by atoms with E-state index in [9.17, 15) is 0 Å². The Balaban J connectivity index is 1.56. The van der Waals surface area contributed by atoms with E-state index in [0.717, 1.165) is 11.0 Å². The van der Waals surface area contributed by atoms with Gasteiger partial charge in [0.15, 0.2) is 0 Å². The standard InChI is InChI=1S/C20H25BO3/c1-19(2)20(3,4)24-21(23-19)18-12-10-17(11-13-18)15-22-14-16-8-6-5-7-9-16/h5-13H,14-15H2,1-4H3. The summed E-state index contributed by atoms with van der Waals surface area (Å²) in [5.74, 6) is 0. The van der Waals surface area contributed by atoms with Crippen molar-refractivity contribution in [3.8, 4) is 0 Å². The van der Waals surface area contributed by atoms with Crippen LogP contribution in [0.3, 0.4) is 0 Å². The molecule has 0 spiro atoms. The predicted octanol–water partition coefficient (Wildman–Crippen LogP) is 3.70. The minimum atomic E-state index is -0.311. The molecule has 1 aliphatic rings. The Morgan fingerprint density at radius 2 is 1.25 bits per heavy atom. The van der Waals surface area contributed by atoms with Gasteiger partial charge in [0.25, 0.3) is 0 Å². The molecule has 3 nitrogen and oxygen atoms in total. The zero-order valence-corrected chi connectivity index (χ0v) is 14.9. The summed E-state index contributed by atoms with van der Waals surface area (Å²) in [6, 6.07) is 18.5. The topological polar surface area (TPSA) is 27.7 Å². The van der Waals surface area contributed by atoms with Crippen LogP contribution in [0.25, 0.3) is 0 Å². The van der Waals surface area contributed by atoms with Crippen molar-refractivity contribution in [2.45, 2.75) is 52.1 Å². The van der Waals surface area contributed by atoms with Crippen LogP contribution in [0.15, 0.2) is 54.6 Å². The van der Waals surface area contributed by atoms with E-state index in [1.165, 1.54) is 5.56 Å². The number of hydrogen-bond donors (Lipinski definition) is 0. The quantitative estimate of drug-likeness (QED) is 0.785. The molecule has 1 fully saturated rings. The van der Waals surface area contributed by atoms with Crippen molar-refractivity contribution < 1.29 is 14.0 Å². The average Bonchev–Trinajstić information content (AvgIpc) is 2.77. The molecule has 3 rings (SSSR count). The van der Waals surface area contributed by atoms with Gasteiger partial charge in [0.2, 0.25) is 0 Å². The molecule has 1 heterocycles. The molecule has 0 atom stereocenters. The lowest BCUT2D eigenvalue weighted by Gasteiger charge is -2.32. The third-order valence-corrected chi connectivity index (χ3v) is 4.89. The first kappa shape index (κ1) is 17.2. The van der Waals surface area contributed by atoms with Gasteiger partial charge in [-0.25, -0.2) is 0 Å². The Hall–Kier alpha value is -1.62. The van der Waals surface area contributed by atoms with Gasteiger partial charge in [-0.1, -0.05) is 54.6 Å². The maximum absolute atomic E-state index is 6.08. The highest BCUT2D eigenvalue weighted by atomic mass is 16.7. The van der Waals surface area contributed by atoms with Crippen LogP contribution in [0.5, 0.6) is 0 Å². The predicted molar refractivity (Wildman–Crippen MR) is 97.1 cm³/mol. The summed E-state index contributed by atoms with van der Waals surface area (Å²) in [5.41, 5.74) is 2.75. The maximum Gasteiger partial charge on any atom is 0.494 e. The minimum absolute atomic E-state index is 0.310. The molecule has 0 N–H and O–H groups in total. The van der Waals surface area contributed by atoms with Gasteiger partial charge >= 0.3 is 7.12 Å². The molecule has 0 aromatic heterocycles. The number of rotatable bonds is 5. The molecule has 4 heteroatoms. The summed E-state index contributed by atoms with van der Waals surface area (Å²) in [5, 5.41) is 0. The van der Waals surface area contributed by atoms with Gasteiger partial charge in [-0.05, 0) is 44.3 Å². The minimum Gasteiger partial charge on any atom is -0.399 e. The lowest BCUT2D eigenvalue weighted by atomic mass is 9.79. The molecule has 1 saturated heterocycles. The Morgan fingerprint density at radius 3 is 1.79 bits per heavy atom. The number of hydrogen-bond acceptors (Lipinski definition) is 3. The van der Waals surface area contributed by atoms with Crippen LogP contribution in [0.1, 0.15) is 38.8 Å². The molecule has 0 bridgehead atoms. The Bertz CT molecular complexity index is 649. The molecule has 0 amide bonds. The van der Waals surface area contributed by atoms with Crippen molar-refractivity contribution in [3.63, 3.8) is 0 Å². The highest BCUT2D eigenvalue weighted by molar-refractivity contribution is 6.62. The summed E-state index contributed by atoms with van der Waals surface area (Å²) < 4.78 is 17.9. The van der Waals surface area contributed by atoms with Crippen molar-refractivity contribution in [2.75, 3.05) is 0 Å². The summed E-state index contributed by atoms with van der Waals surface area (Å²) in [6.45, 7) is 9.49. The number of ether oxygens (including phenoxy) is 1. The maximum atomic E-state index is 6.08. The van der Waals surface area contributed by atoms with Crippen molar-refractivity contribution in [1.29, 1.82) is 0 Å². The lowest BCUT2D eigenvalue weighted by Crippen LogP contribution is -2.41. The molecular formula is C20H25BO3. The molecular weight excluding hydrogens is 299 g/mol. The Kier molecular flexibility index (Phi) is 4.82. The Morgan fingerprint density at radius 1 is 0.750 bits per heavy atom. The van der Waals surface area contributed by atoms with Crippen LogP contribution in [0.4, 0.5) is 0 Å². The first-order chi connectivity index (χ1) is 11.4. The largest absolute Gasteiger partial charge is 0.494 e. The van der Waals surface area contributed by atoms with Crippen molar-refractivity contribution >= 4 is 12.6 Å². The van der Waals surface area contributed by atoms with Gasteiger partial charge in [0.1, 0.15) is 0 Å². The van der Waals surface area contributed by atoms with Crippen molar-refractivity contribution in [2.24, 2.45) is 0 Å². The van der Waals surface area contributed by atoms with Gasteiger partial charge in [-0.15, -0.1) is 0 Å². The van der Waals surface area contributed by atoms with Crippen LogP contribution >= 0.6 is 0 Å². The fraction of sp³-hybridized carbons (Fsp3) is 0.400. The van der Waals surface area contributed by atoms with E-state index in [1.807, 2.05) is 18.2 Å². The zero-order valence-electron chi connectivity index (χ0n) is 14.9. The summed E-state index contributed by atoms with van der Waals surface area (Å²) >= 11 is 0. The van der Waals surface area contributed by atoms with Crippen LogP contribution in [0, 0.1) is 0 Å². The van der Waals surface area contributed by atoms with E-state index in [4.69, 9.17) is 14.0 Å². The van der Waals surface area contributed by atoms with Gasteiger partial charge in [0.05, 0.1) is 24.4 Å². The van der Waals surface area contributed by atoms with Gasteiger partial charge in [0, 0.05) is 0 Å². The molecule has 0 aliphatic carbocycles. The molecule has 0 saturated carbocycles. The van der Waals surface area contributed by atoms with E-state index in [2.05, 4.69) is 64.1 Å². The normalized spacial score (nSPS) is 18.8. The van der Waals surface area contributed by atoms with E-state index < -0.39 is 0 Å². The lowest BCUT2D eigenvalue weighted by molar-refractivity contribution is 0.00578. The second-order valence-electron chi connectivity index (χ2n) is 7.31. The van der Waals surface area contributed by atoms with Crippen molar-refractivity contribution in [1.82, 2.24) is 0 Å². The fourth-order valence-electron chi connectivity index (χ4n) is 2.61. The van der Waals surface area contributed by atoms with Crippen LogP contribution in [-0.2, 0) is 27.3 Å². The average molecular weight is 324 g/mol. The smallest absolute Gasteiger partial charge is 0.399 e. The van der Waals surface area contributed by atoms with Gasteiger partial charge < -0.3 is 14.0 Å². The van der Waals surface area contributed by atoms with Crippen molar-refractivity contribution in [3.05, 3.63) is 65.7 Å². The SMILES string of the molecule is CC1(C)OB(c2ccc(COCc3ccccc3)cc2)OC1(C)C. The van der Waals surface area contributed by atoms with E-state index >= 15 is 0 Å². The molecule has 0 radical (unpaired) electrons. The second-order valence-corrected chi connectivity index (χ2v) is 7.31. The summed E-state index contributed by atoms with van der Waals surface area (Å²) in [7, 11) is -0.311. The van der Waals surface area contributed by atoms with Crippen LogP contribution < -0.4 is 5.46 Å². The first-order valence-electron chi connectivity index (χ1n) is 8.43. The van der Waals surface area contributed by atoms with Gasteiger partial charge in [-0.2, -0.15) is 0 Å². The third-order valence-electron chi connectivity index (χ3n) is 4.89. The molecule has 126 valence electrons. The fourth-order valence-corrected chi connectivity index (χ4v) is 2.61. The molecule has 2 aromatic carbocycles. The summed E-state index contributed by atoms with van der Waals surface area (Å²) in [6.07, 6.45) is 0. The zero-order chi connectivity index (χ0) is 17.2. The monoisotopic (exact) mass is 324 g/mol. The van der Waals surface area contributed by atoms with E-state index in [-0.39, 0.29) is 18.3 Å². The summed E-state index contributed by atoms with van der Waals surface area (Å²) in [4.78, 5) is 0. The number of benzene rings is 2. The highest BCUT2D eigenvalue weighted by Crippen LogP contribution is 2.36. The molecule has 2 aromatic rings. The van der Waals surface area contributed by atoms with Crippen LogP contribution in [-0.4, -0.2) is 18.3 Å².